The van der Waals surface area contributed by atoms with Gasteiger partial charge in [0.2, 0.25) is 0 Å². The van der Waals surface area contributed by atoms with E-state index in [0.717, 1.165) is 31.2 Å². The molecule has 0 aliphatic heterocycles. The standard InChI is InChI=1S/C24H29N3O2S/c1-2-3-18-27(22-16-8-5-9-17-22)30(28,29)23-19-26(21-14-10-11-15-21)25-24(23)20-12-6-4-7-13-20/h4-9,12-13,16-17,19,21H,2-3,10-11,14-15,18H2,1H3. The smallest absolute Gasteiger partial charge is 0.268 e. The number of rotatable bonds is 8. The molecular formula is C24H29N3O2S. The molecule has 0 unspecified atom stereocenters. The minimum atomic E-state index is -3.76. The third kappa shape index (κ3) is 4.15. The highest BCUT2D eigenvalue weighted by Crippen LogP contribution is 2.35. The maximum atomic E-state index is 13.9. The van der Waals surface area contributed by atoms with Crippen LogP contribution in [0.5, 0.6) is 0 Å². The average molecular weight is 424 g/mol. The quantitative estimate of drug-likeness (QED) is 0.470. The lowest BCUT2D eigenvalue weighted by Crippen LogP contribution is -2.32. The van der Waals surface area contributed by atoms with Gasteiger partial charge in [-0.3, -0.25) is 8.99 Å². The van der Waals surface area contributed by atoms with Gasteiger partial charge in [0.25, 0.3) is 10.0 Å². The Kier molecular flexibility index (Phi) is 6.23. The number of unbranched alkanes of at least 4 members (excludes halogenated alkanes) is 1. The predicted molar refractivity (Wildman–Crippen MR) is 121 cm³/mol. The van der Waals surface area contributed by atoms with E-state index in [1.807, 2.05) is 65.3 Å². The van der Waals surface area contributed by atoms with E-state index in [-0.39, 0.29) is 6.04 Å². The molecule has 0 radical (unpaired) electrons. The van der Waals surface area contributed by atoms with Gasteiger partial charge in [0.15, 0.2) is 0 Å². The van der Waals surface area contributed by atoms with Gasteiger partial charge in [-0.2, -0.15) is 5.10 Å². The van der Waals surface area contributed by atoms with E-state index in [4.69, 9.17) is 5.10 Å². The van der Waals surface area contributed by atoms with Gasteiger partial charge in [-0.15, -0.1) is 0 Å². The summed E-state index contributed by atoms with van der Waals surface area (Å²) in [5.74, 6) is 0. The number of anilines is 1. The van der Waals surface area contributed by atoms with Crippen molar-refractivity contribution in [3.05, 3.63) is 66.9 Å². The molecule has 1 aliphatic carbocycles. The molecule has 0 amide bonds. The molecule has 1 fully saturated rings. The summed E-state index contributed by atoms with van der Waals surface area (Å²) < 4.78 is 31.3. The third-order valence-electron chi connectivity index (χ3n) is 5.77. The maximum Gasteiger partial charge on any atom is 0.268 e. The second-order valence-electron chi connectivity index (χ2n) is 7.89. The first-order chi connectivity index (χ1) is 14.6. The van der Waals surface area contributed by atoms with Crippen molar-refractivity contribution in [2.24, 2.45) is 0 Å². The zero-order valence-electron chi connectivity index (χ0n) is 17.4. The maximum absolute atomic E-state index is 13.9. The number of nitrogens with zero attached hydrogens (tertiary/aromatic N) is 3. The van der Waals surface area contributed by atoms with Gasteiger partial charge in [-0.25, -0.2) is 8.42 Å². The van der Waals surface area contributed by atoms with Crippen molar-refractivity contribution in [2.75, 3.05) is 10.8 Å². The predicted octanol–water partition coefficient (Wildman–Crippen LogP) is 5.66. The molecule has 0 atom stereocenters. The molecule has 0 bridgehead atoms. The summed E-state index contributed by atoms with van der Waals surface area (Å²) in [6, 6.07) is 19.3. The largest absolute Gasteiger partial charge is 0.268 e. The van der Waals surface area contributed by atoms with Gasteiger partial charge >= 0.3 is 0 Å². The second kappa shape index (κ2) is 9.04. The summed E-state index contributed by atoms with van der Waals surface area (Å²) in [5, 5.41) is 4.80. The molecule has 4 rings (SSSR count). The van der Waals surface area contributed by atoms with Gasteiger partial charge < -0.3 is 0 Å². The average Bonchev–Trinajstić information content (AvgIpc) is 3.46. The molecule has 2 aromatic carbocycles. The Hall–Kier alpha value is -2.60. The fraction of sp³-hybridized carbons (Fsp3) is 0.375. The van der Waals surface area contributed by atoms with Crippen LogP contribution in [0.3, 0.4) is 0 Å². The summed E-state index contributed by atoms with van der Waals surface area (Å²) in [5.41, 5.74) is 2.06. The zero-order chi connectivity index (χ0) is 21.0. The van der Waals surface area contributed by atoms with Crippen LogP contribution >= 0.6 is 0 Å². The number of hydrogen-bond donors (Lipinski definition) is 0. The van der Waals surface area contributed by atoms with E-state index in [9.17, 15) is 8.42 Å². The molecule has 0 saturated heterocycles. The highest BCUT2D eigenvalue weighted by Gasteiger charge is 2.32. The number of sulfonamides is 1. The van der Waals surface area contributed by atoms with E-state index >= 15 is 0 Å². The molecular weight excluding hydrogens is 394 g/mol. The van der Waals surface area contributed by atoms with Crippen molar-refractivity contribution in [1.29, 1.82) is 0 Å². The third-order valence-corrected chi connectivity index (χ3v) is 7.60. The van der Waals surface area contributed by atoms with Crippen molar-refractivity contribution >= 4 is 15.7 Å². The second-order valence-corrected chi connectivity index (χ2v) is 9.72. The molecule has 1 heterocycles. The Bertz CT molecular complexity index is 1060. The van der Waals surface area contributed by atoms with Crippen LogP contribution in [0.2, 0.25) is 0 Å². The number of aromatic nitrogens is 2. The first kappa shape index (κ1) is 20.7. The summed E-state index contributed by atoms with van der Waals surface area (Å²) in [6.45, 7) is 2.52. The molecule has 0 spiro atoms. The summed E-state index contributed by atoms with van der Waals surface area (Å²) in [4.78, 5) is 0.292. The van der Waals surface area contributed by atoms with Crippen LogP contribution in [-0.2, 0) is 10.0 Å². The molecule has 6 heteroatoms. The fourth-order valence-corrected chi connectivity index (χ4v) is 5.77. The highest BCUT2D eigenvalue weighted by atomic mass is 32.2. The Morgan fingerprint density at radius 3 is 2.27 bits per heavy atom. The van der Waals surface area contributed by atoms with Crippen molar-refractivity contribution in [2.45, 2.75) is 56.4 Å². The van der Waals surface area contributed by atoms with Crippen LogP contribution in [0, 0.1) is 0 Å². The van der Waals surface area contributed by atoms with Crippen molar-refractivity contribution in [3.63, 3.8) is 0 Å². The van der Waals surface area contributed by atoms with Crippen LogP contribution in [0.25, 0.3) is 11.3 Å². The van der Waals surface area contributed by atoms with Crippen molar-refractivity contribution < 1.29 is 8.42 Å². The molecule has 5 nitrogen and oxygen atoms in total. The van der Waals surface area contributed by atoms with Crippen LogP contribution in [0.4, 0.5) is 5.69 Å². The first-order valence-corrected chi connectivity index (χ1v) is 12.3. The first-order valence-electron chi connectivity index (χ1n) is 10.8. The summed E-state index contributed by atoms with van der Waals surface area (Å²) in [7, 11) is -3.76. The van der Waals surface area contributed by atoms with Gasteiger partial charge in [-0.05, 0) is 31.4 Å². The Morgan fingerprint density at radius 2 is 1.63 bits per heavy atom. The van der Waals surface area contributed by atoms with E-state index in [0.29, 0.717) is 22.8 Å². The Labute approximate surface area is 179 Å². The molecule has 1 aliphatic rings. The zero-order valence-corrected chi connectivity index (χ0v) is 18.3. The molecule has 1 saturated carbocycles. The number of para-hydroxylation sites is 1. The minimum absolute atomic E-state index is 0.275. The van der Waals surface area contributed by atoms with E-state index < -0.39 is 10.0 Å². The van der Waals surface area contributed by atoms with Crippen LogP contribution < -0.4 is 4.31 Å². The molecule has 30 heavy (non-hydrogen) atoms. The van der Waals surface area contributed by atoms with Crippen LogP contribution in [0.15, 0.2) is 71.8 Å². The van der Waals surface area contributed by atoms with Gasteiger partial charge in [0.05, 0.1) is 11.7 Å². The summed E-state index contributed by atoms with van der Waals surface area (Å²) >= 11 is 0. The van der Waals surface area contributed by atoms with Gasteiger partial charge in [0.1, 0.15) is 10.6 Å². The Morgan fingerprint density at radius 1 is 1.00 bits per heavy atom. The number of hydrogen-bond acceptors (Lipinski definition) is 3. The van der Waals surface area contributed by atoms with Crippen molar-refractivity contribution in [3.8, 4) is 11.3 Å². The van der Waals surface area contributed by atoms with E-state index in [1.54, 1.807) is 10.5 Å². The fourth-order valence-electron chi connectivity index (χ4n) is 4.12. The molecule has 0 N–H and O–H groups in total. The topological polar surface area (TPSA) is 55.2 Å². The lowest BCUT2D eigenvalue weighted by Gasteiger charge is -2.24. The van der Waals surface area contributed by atoms with Gasteiger partial charge in [0, 0.05) is 18.3 Å². The van der Waals surface area contributed by atoms with Crippen molar-refractivity contribution in [1.82, 2.24) is 9.78 Å². The van der Waals surface area contributed by atoms with E-state index in [2.05, 4.69) is 6.92 Å². The SMILES string of the molecule is CCCCN(c1ccccc1)S(=O)(=O)c1cn(C2CCCC2)nc1-c1ccccc1. The van der Waals surface area contributed by atoms with E-state index in [1.165, 1.54) is 12.8 Å². The number of benzene rings is 2. The minimum Gasteiger partial charge on any atom is -0.268 e. The monoisotopic (exact) mass is 423 g/mol. The normalized spacial score (nSPS) is 14.8. The highest BCUT2D eigenvalue weighted by molar-refractivity contribution is 7.93. The lowest BCUT2D eigenvalue weighted by atomic mass is 10.2. The molecule has 158 valence electrons. The lowest BCUT2D eigenvalue weighted by molar-refractivity contribution is 0.467. The van der Waals surface area contributed by atoms with Crippen LogP contribution in [-0.4, -0.2) is 24.7 Å². The summed E-state index contributed by atoms with van der Waals surface area (Å²) in [6.07, 6.45) is 7.91. The molecule has 1 aromatic heterocycles. The van der Waals surface area contributed by atoms with Gasteiger partial charge in [-0.1, -0.05) is 74.7 Å². The Balaban J connectivity index is 1.83. The molecule has 3 aromatic rings. The van der Waals surface area contributed by atoms with Crippen LogP contribution in [0.1, 0.15) is 51.5 Å².